The van der Waals surface area contributed by atoms with Crippen molar-refractivity contribution in [1.29, 1.82) is 0 Å². The highest BCUT2D eigenvalue weighted by atomic mass is 16.4. The Morgan fingerprint density at radius 2 is 1.67 bits per heavy atom. The molecule has 0 atom stereocenters. The highest BCUT2D eigenvalue weighted by Gasteiger charge is 1.99. The molecule has 0 aliphatic carbocycles. The summed E-state index contributed by atoms with van der Waals surface area (Å²) in [6.45, 7) is 4.49. The number of aliphatic carboxylic acids is 1. The molecule has 0 fully saturated rings. The molecule has 0 amide bonds. The Hall–Kier alpha value is -0.570. The molecular weight excluding hydrogens is 190 g/mol. The highest BCUT2D eigenvalue weighted by Crippen LogP contribution is 2.02. The average Bonchev–Trinajstić information content (AvgIpc) is 2.17. The normalized spacial score (nSPS) is 10.9. The molecule has 0 saturated heterocycles. The molecule has 3 heteroatoms. The SMILES string of the molecule is CCCCCN(C)CCCCCC(=O)O. The summed E-state index contributed by atoms with van der Waals surface area (Å²) >= 11 is 0. The van der Waals surface area contributed by atoms with Gasteiger partial charge in [0.05, 0.1) is 0 Å². The molecule has 0 aliphatic heterocycles. The Balaban J connectivity index is 3.16. The smallest absolute Gasteiger partial charge is 0.303 e. The summed E-state index contributed by atoms with van der Waals surface area (Å²) in [4.78, 5) is 12.6. The molecule has 15 heavy (non-hydrogen) atoms. The quantitative estimate of drug-likeness (QED) is 0.570. The van der Waals surface area contributed by atoms with E-state index in [0.717, 1.165) is 25.8 Å². The van der Waals surface area contributed by atoms with Crippen LogP contribution in [0, 0.1) is 0 Å². The van der Waals surface area contributed by atoms with Crippen molar-refractivity contribution in [1.82, 2.24) is 4.90 Å². The zero-order valence-corrected chi connectivity index (χ0v) is 10.2. The second-order valence-electron chi connectivity index (χ2n) is 4.21. The maximum atomic E-state index is 10.3. The van der Waals surface area contributed by atoms with E-state index in [1.807, 2.05) is 0 Å². The Morgan fingerprint density at radius 1 is 1.07 bits per heavy atom. The third-order valence-corrected chi connectivity index (χ3v) is 2.57. The van der Waals surface area contributed by atoms with Gasteiger partial charge in [-0.1, -0.05) is 26.2 Å². The van der Waals surface area contributed by atoms with Crippen molar-refractivity contribution >= 4 is 5.97 Å². The molecule has 0 bridgehead atoms. The van der Waals surface area contributed by atoms with Crippen LogP contribution in [-0.4, -0.2) is 36.1 Å². The van der Waals surface area contributed by atoms with Crippen LogP contribution in [0.2, 0.25) is 0 Å². The summed E-state index contributed by atoms with van der Waals surface area (Å²) < 4.78 is 0. The second-order valence-corrected chi connectivity index (χ2v) is 4.21. The number of hydrogen-bond donors (Lipinski definition) is 1. The summed E-state index contributed by atoms with van der Waals surface area (Å²) in [5.74, 6) is -0.675. The summed E-state index contributed by atoms with van der Waals surface area (Å²) in [5, 5.41) is 8.45. The van der Waals surface area contributed by atoms with Gasteiger partial charge in [-0.25, -0.2) is 0 Å². The number of unbranched alkanes of at least 4 members (excludes halogenated alkanes) is 4. The van der Waals surface area contributed by atoms with E-state index >= 15 is 0 Å². The van der Waals surface area contributed by atoms with E-state index in [-0.39, 0.29) is 0 Å². The van der Waals surface area contributed by atoms with Crippen molar-refractivity contribution < 1.29 is 9.90 Å². The Bertz CT molecular complexity index is 160. The molecular formula is C12H25NO2. The Morgan fingerprint density at radius 3 is 2.20 bits per heavy atom. The fraction of sp³-hybridized carbons (Fsp3) is 0.917. The van der Waals surface area contributed by atoms with Crippen LogP contribution < -0.4 is 0 Å². The van der Waals surface area contributed by atoms with Gasteiger partial charge in [0.15, 0.2) is 0 Å². The van der Waals surface area contributed by atoms with Crippen molar-refractivity contribution in [2.24, 2.45) is 0 Å². The molecule has 90 valence electrons. The topological polar surface area (TPSA) is 40.5 Å². The molecule has 0 aromatic heterocycles. The molecule has 0 heterocycles. The molecule has 0 unspecified atom stereocenters. The lowest BCUT2D eigenvalue weighted by molar-refractivity contribution is -0.137. The van der Waals surface area contributed by atoms with Crippen molar-refractivity contribution in [3.05, 3.63) is 0 Å². The van der Waals surface area contributed by atoms with E-state index in [1.165, 1.54) is 25.8 Å². The predicted octanol–water partition coefficient (Wildman–Crippen LogP) is 2.75. The standard InChI is InChI=1S/C12H25NO2/c1-3-4-7-10-13(2)11-8-5-6-9-12(14)15/h3-11H2,1-2H3,(H,14,15). The minimum Gasteiger partial charge on any atom is -0.481 e. The van der Waals surface area contributed by atoms with Crippen LogP contribution in [-0.2, 0) is 4.79 Å². The van der Waals surface area contributed by atoms with E-state index in [2.05, 4.69) is 18.9 Å². The van der Waals surface area contributed by atoms with E-state index in [9.17, 15) is 4.79 Å². The van der Waals surface area contributed by atoms with Gasteiger partial charge in [0.1, 0.15) is 0 Å². The van der Waals surface area contributed by atoms with E-state index < -0.39 is 5.97 Å². The number of carboxylic acid groups (broad SMARTS) is 1. The van der Waals surface area contributed by atoms with Crippen LogP contribution in [0.3, 0.4) is 0 Å². The predicted molar refractivity (Wildman–Crippen MR) is 63.1 cm³/mol. The first-order valence-corrected chi connectivity index (χ1v) is 6.07. The summed E-state index contributed by atoms with van der Waals surface area (Å²) in [6, 6.07) is 0. The van der Waals surface area contributed by atoms with Crippen LogP contribution in [0.4, 0.5) is 0 Å². The molecule has 3 nitrogen and oxygen atoms in total. The first-order chi connectivity index (χ1) is 7.16. The fourth-order valence-corrected chi connectivity index (χ4v) is 1.58. The Kier molecular flexibility index (Phi) is 9.59. The van der Waals surface area contributed by atoms with Gasteiger partial charge < -0.3 is 10.0 Å². The largest absolute Gasteiger partial charge is 0.481 e. The van der Waals surface area contributed by atoms with Gasteiger partial charge >= 0.3 is 5.97 Å². The van der Waals surface area contributed by atoms with Gasteiger partial charge in [0.25, 0.3) is 0 Å². The van der Waals surface area contributed by atoms with Crippen molar-refractivity contribution in [3.63, 3.8) is 0 Å². The van der Waals surface area contributed by atoms with Gasteiger partial charge in [-0.15, -0.1) is 0 Å². The van der Waals surface area contributed by atoms with Crippen LogP contribution >= 0.6 is 0 Å². The van der Waals surface area contributed by atoms with Crippen molar-refractivity contribution in [3.8, 4) is 0 Å². The molecule has 0 saturated carbocycles. The van der Waals surface area contributed by atoms with Gasteiger partial charge in [-0.3, -0.25) is 4.79 Å². The summed E-state index contributed by atoms with van der Waals surface area (Å²) in [6.07, 6.45) is 7.15. The lowest BCUT2D eigenvalue weighted by Gasteiger charge is -2.15. The second kappa shape index (κ2) is 9.97. The zero-order chi connectivity index (χ0) is 11.5. The van der Waals surface area contributed by atoms with Crippen LogP contribution in [0.5, 0.6) is 0 Å². The number of nitrogens with zero attached hydrogens (tertiary/aromatic N) is 1. The van der Waals surface area contributed by atoms with Crippen LogP contribution in [0.25, 0.3) is 0 Å². The third-order valence-electron chi connectivity index (χ3n) is 2.57. The lowest BCUT2D eigenvalue weighted by Crippen LogP contribution is -2.20. The van der Waals surface area contributed by atoms with Crippen molar-refractivity contribution in [2.45, 2.75) is 51.9 Å². The number of rotatable bonds is 10. The summed E-state index contributed by atoms with van der Waals surface area (Å²) in [7, 11) is 2.15. The lowest BCUT2D eigenvalue weighted by atomic mass is 10.2. The maximum Gasteiger partial charge on any atom is 0.303 e. The first kappa shape index (κ1) is 14.4. The minimum absolute atomic E-state index is 0.319. The molecule has 0 spiro atoms. The highest BCUT2D eigenvalue weighted by molar-refractivity contribution is 5.66. The van der Waals surface area contributed by atoms with E-state index in [0.29, 0.717) is 6.42 Å². The molecule has 0 aromatic rings. The molecule has 0 rings (SSSR count). The van der Waals surface area contributed by atoms with Gasteiger partial charge in [0, 0.05) is 6.42 Å². The summed E-state index contributed by atoms with van der Waals surface area (Å²) in [5.41, 5.74) is 0. The van der Waals surface area contributed by atoms with E-state index in [4.69, 9.17) is 5.11 Å². The number of carbonyl (C=O) groups is 1. The van der Waals surface area contributed by atoms with Gasteiger partial charge in [0.2, 0.25) is 0 Å². The fourth-order valence-electron chi connectivity index (χ4n) is 1.58. The number of carboxylic acids is 1. The van der Waals surface area contributed by atoms with Crippen LogP contribution in [0.1, 0.15) is 51.9 Å². The first-order valence-electron chi connectivity index (χ1n) is 6.07. The van der Waals surface area contributed by atoms with Gasteiger partial charge in [-0.05, 0) is 39.4 Å². The average molecular weight is 215 g/mol. The molecule has 0 aromatic carbocycles. The molecule has 0 radical (unpaired) electrons. The molecule has 0 aliphatic rings. The zero-order valence-electron chi connectivity index (χ0n) is 10.2. The molecule has 1 N–H and O–H groups in total. The van der Waals surface area contributed by atoms with Crippen molar-refractivity contribution in [2.75, 3.05) is 20.1 Å². The van der Waals surface area contributed by atoms with Crippen LogP contribution in [0.15, 0.2) is 0 Å². The third kappa shape index (κ3) is 11.4. The monoisotopic (exact) mass is 215 g/mol. The Labute approximate surface area is 93.5 Å². The van der Waals surface area contributed by atoms with Gasteiger partial charge in [-0.2, -0.15) is 0 Å². The minimum atomic E-state index is -0.675. The number of hydrogen-bond acceptors (Lipinski definition) is 2. The van der Waals surface area contributed by atoms with E-state index in [1.54, 1.807) is 0 Å². The maximum absolute atomic E-state index is 10.3.